The van der Waals surface area contributed by atoms with Crippen LogP contribution in [-0.4, -0.2) is 24.8 Å². The van der Waals surface area contributed by atoms with Crippen LogP contribution in [0.3, 0.4) is 0 Å². The van der Waals surface area contributed by atoms with Crippen molar-refractivity contribution in [3.8, 4) is 6.07 Å². The van der Waals surface area contributed by atoms with E-state index in [-0.39, 0.29) is 17.3 Å². The lowest BCUT2D eigenvalue weighted by molar-refractivity contribution is -0.0750. The Kier molecular flexibility index (Phi) is 3.27. The SMILES string of the molecule is CC1CN(c2cccc(F)c2C#N)CC(C)(C)O1. The molecule has 1 aliphatic heterocycles. The van der Waals surface area contributed by atoms with Crippen LogP contribution in [0.4, 0.5) is 10.1 Å². The monoisotopic (exact) mass is 248 g/mol. The van der Waals surface area contributed by atoms with Gasteiger partial charge in [0, 0.05) is 13.1 Å². The van der Waals surface area contributed by atoms with Crippen LogP contribution in [0, 0.1) is 17.1 Å². The molecule has 0 saturated carbocycles. The summed E-state index contributed by atoms with van der Waals surface area (Å²) >= 11 is 0. The predicted molar refractivity (Wildman–Crippen MR) is 68.0 cm³/mol. The largest absolute Gasteiger partial charge is 0.369 e. The Labute approximate surface area is 107 Å². The first kappa shape index (κ1) is 12.8. The van der Waals surface area contributed by atoms with E-state index in [2.05, 4.69) is 0 Å². The third-order valence-electron chi connectivity index (χ3n) is 3.01. The van der Waals surface area contributed by atoms with Crippen molar-refractivity contribution in [1.82, 2.24) is 0 Å². The number of hydrogen-bond acceptors (Lipinski definition) is 3. The number of nitriles is 1. The van der Waals surface area contributed by atoms with Gasteiger partial charge in [0.25, 0.3) is 0 Å². The number of rotatable bonds is 1. The highest BCUT2D eigenvalue weighted by Gasteiger charge is 2.32. The van der Waals surface area contributed by atoms with Gasteiger partial charge in [0.1, 0.15) is 17.4 Å². The van der Waals surface area contributed by atoms with E-state index in [9.17, 15) is 4.39 Å². The molecule has 0 aromatic heterocycles. The standard InChI is InChI=1S/C14H17FN2O/c1-10-8-17(9-14(2,3)18-10)13-6-4-5-12(15)11(13)7-16/h4-6,10H,8-9H2,1-3H3. The molecule has 0 aliphatic carbocycles. The molecule has 1 saturated heterocycles. The molecule has 4 heteroatoms. The van der Waals surface area contributed by atoms with Gasteiger partial charge in [-0.2, -0.15) is 5.26 Å². The summed E-state index contributed by atoms with van der Waals surface area (Å²) in [4.78, 5) is 2.02. The minimum absolute atomic E-state index is 0.0589. The Morgan fingerprint density at radius 3 is 2.83 bits per heavy atom. The molecule has 1 unspecified atom stereocenters. The van der Waals surface area contributed by atoms with Crippen molar-refractivity contribution in [2.75, 3.05) is 18.0 Å². The fourth-order valence-corrected chi connectivity index (χ4v) is 2.52. The van der Waals surface area contributed by atoms with E-state index >= 15 is 0 Å². The molecule has 0 radical (unpaired) electrons. The summed E-state index contributed by atoms with van der Waals surface area (Å²) in [5, 5.41) is 9.08. The molecule has 1 fully saturated rings. The molecule has 2 rings (SSSR count). The van der Waals surface area contributed by atoms with E-state index in [1.54, 1.807) is 12.1 Å². The van der Waals surface area contributed by atoms with Gasteiger partial charge in [-0.25, -0.2) is 4.39 Å². The summed E-state index contributed by atoms with van der Waals surface area (Å²) in [5.41, 5.74) is 0.472. The van der Waals surface area contributed by atoms with E-state index in [0.717, 1.165) is 0 Å². The first-order valence-corrected chi connectivity index (χ1v) is 6.04. The van der Waals surface area contributed by atoms with Crippen LogP contribution in [0.15, 0.2) is 18.2 Å². The van der Waals surface area contributed by atoms with Crippen LogP contribution >= 0.6 is 0 Å². The van der Waals surface area contributed by atoms with Gasteiger partial charge in [-0.15, -0.1) is 0 Å². The number of morpholine rings is 1. The van der Waals surface area contributed by atoms with Gasteiger partial charge in [-0.3, -0.25) is 0 Å². The molecule has 0 bridgehead atoms. The van der Waals surface area contributed by atoms with Crippen molar-refractivity contribution in [2.24, 2.45) is 0 Å². The highest BCUT2D eigenvalue weighted by molar-refractivity contribution is 5.60. The van der Waals surface area contributed by atoms with E-state index in [1.165, 1.54) is 6.07 Å². The molecule has 0 spiro atoms. The van der Waals surface area contributed by atoms with E-state index in [0.29, 0.717) is 18.8 Å². The minimum Gasteiger partial charge on any atom is -0.369 e. The highest BCUT2D eigenvalue weighted by Crippen LogP contribution is 2.29. The summed E-state index contributed by atoms with van der Waals surface area (Å²) in [6.45, 7) is 7.30. The van der Waals surface area contributed by atoms with Crippen LogP contribution in [0.5, 0.6) is 0 Å². The van der Waals surface area contributed by atoms with Crippen molar-refractivity contribution in [3.05, 3.63) is 29.6 Å². The second-order valence-electron chi connectivity index (χ2n) is 5.31. The molecule has 0 N–H and O–H groups in total. The maximum absolute atomic E-state index is 13.6. The van der Waals surface area contributed by atoms with Crippen molar-refractivity contribution < 1.29 is 9.13 Å². The zero-order valence-electron chi connectivity index (χ0n) is 10.9. The maximum Gasteiger partial charge on any atom is 0.143 e. The minimum atomic E-state index is -0.466. The highest BCUT2D eigenvalue weighted by atomic mass is 19.1. The average molecular weight is 248 g/mol. The summed E-state index contributed by atoms with van der Waals surface area (Å²) < 4.78 is 19.4. The Balaban J connectivity index is 2.38. The van der Waals surface area contributed by atoms with Crippen molar-refractivity contribution in [2.45, 2.75) is 32.5 Å². The molecular weight excluding hydrogens is 231 g/mol. The van der Waals surface area contributed by atoms with Crippen LogP contribution < -0.4 is 4.90 Å². The topological polar surface area (TPSA) is 36.3 Å². The Morgan fingerprint density at radius 2 is 2.22 bits per heavy atom. The smallest absolute Gasteiger partial charge is 0.143 e. The van der Waals surface area contributed by atoms with Crippen LogP contribution in [0.1, 0.15) is 26.3 Å². The first-order valence-electron chi connectivity index (χ1n) is 6.04. The zero-order valence-corrected chi connectivity index (χ0v) is 10.9. The fraction of sp³-hybridized carbons (Fsp3) is 0.500. The Bertz CT molecular complexity index is 493. The molecular formula is C14H17FN2O. The van der Waals surface area contributed by atoms with Gasteiger partial charge in [-0.05, 0) is 32.9 Å². The summed E-state index contributed by atoms with van der Waals surface area (Å²) in [5.74, 6) is -0.466. The van der Waals surface area contributed by atoms with Gasteiger partial charge in [0.2, 0.25) is 0 Å². The van der Waals surface area contributed by atoms with Gasteiger partial charge in [0.05, 0.1) is 17.4 Å². The van der Waals surface area contributed by atoms with Gasteiger partial charge < -0.3 is 9.64 Å². The number of anilines is 1. The van der Waals surface area contributed by atoms with Crippen LogP contribution in [0.25, 0.3) is 0 Å². The normalized spacial score (nSPS) is 22.6. The lowest BCUT2D eigenvalue weighted by atomic mass is 10.0. The van der Waals surface area contributed by atoms with Crippen molar-refractivity contribution in [1.29, 1.82) is 5.26 Å². The third kappa shape index (κ3) is 2.46. The number of nitrogens with zero attached hydrogens (tertiary/aromatic N) is 2. The quantitative estimate of drug-likeness (QED) is 0.766. The van der Waals surface area contributed by atoms with E-state index in [1.807, 2.05) is 31.7 Å². The Morgan fingerprint density at radius 1 is 1.50 bits per heavy atom. The number of benzene rings is 1. The first-order chi connectivity index (χ1) is 8.43. The summed E-state index contributed by atoms with van der Waals surface area (Å²) in [6.07, 6.45) is 0.0589. The Hall–Kier alpha value is -1.60. The number of ether oxygens (including phenoxy) is 1. The van der Waals surface area contributed by atoms with Crippen molar-refractivity contribution >= 4 is 5.69 Å². The predicted octanol–water partition coefficient (Wildman–Crippen LogP) is 2.70. The average Bonchev–Trinajstić information content (AvgIpc) is 2.25. The third-order valence-corrected chi connectivity index (χ3v) is 3.01. The van der Waals surface area contributed by atoms with E-state index < -0.39 is 5.82 Å². The fourth-order valence-electron chi connectivity index (χ4n) is 2.52. The molecule has 1 heterocycles. The lowest BCUT2D eigenvalue weighted by Crippen LogP contribution is -2.52. The maximum atomic E-state index is 13.6. The van der Waals surface area contributed by atoms with E-state index in [4.69, 9.17) is 10.00 Å². The zero-order chi connectivity index (χ0) is 13.3. The van der Waals surface area contributed by atoms with Gasteiger partial charge in [-0.1, -0.05) is 6.07 Å². The number of halogens is 1. The lowest BCUT2D eigenvalue weighted by Gasteiger charge is -2.43. The molecule has 18 heavy (non-hydrogen) atoms. The molecule has 3 nitrogen and oxygen atoms in total. The summed E-state index contributed by atoms with van der Waals surface area (Å²) in [7, 11) is 0. The van der Waals surface area contributed by atoms with Gasteiger partial charge >= 0.3 is 0 Å². The molecule has 1 aromatic rings. The second-order valence-corrected chi connectivity index (χ2v) is 5.31. The van der Waals surface area contributed by atoms with Crippen molar-refractivity contribution in [3.63, 3.8) is 0 Å². The molecule has 1 atom stereocenters. The molecule has 1 aliphatic rings. The molecule has 0 amide bonds. The van der Waals surface area contributed by atoms with Crippen LogP contribution in [0.2, 0.25) is 0 Å². The van der Waals surface area contributed by atoms with Gasteiger partial charge in [0.15, 0.2) is 0 Å². The summed E-state index contributed by atoms with van der Waals surface area (Å²) in [6, 6.07) is 6.69. The second kappa shape index (κ2) is 4.58. The number of hydrogen-bond donors (Lipinski definition) is 0. The van der Waals surface area contributed by atoms with Crippen LogP contribution in [-0.2, 0) is 4.74 Å². The molecule has 1 aromatic carbocycles. The molecule has 96 valence electrons.